The molecular formula is C40H25NO2. The van der Waals surface area contributed by atoms with Gasteiger partial charge < -0.3 is 13.7 Å². The summed E-state index contributed by atoms with van der Waals surface area (Å²) in [6.07, 6.45) is 0. The Morgan fingerprint density at radius 1 is 0.395 bits per heavy atom. The first kappa shape index (κ1) is 23.9. The van der Waals surface area contributed by atoms with E-state index in [1.54, 1.807) is 0 Å². The predicted molar refractivity (Wildman–Crippen MR) is 179 cm³/mol. The molecule has 2 heterocycles. The molecule has 43 heavy (non-hydrogen) atoms. The highest BCUT2D eigenvalue weighted by Crippen LogP contribution is 2.47. The Balaban J connectivity index is 1.33. The van der Waals surface area contributed by atoms with E-state index in [9.17, 15) is 0 Å². The minimum Gasteiger partial charge on any atom is -0.456 e. The summed E-state index contributed by atoms with van der Waals surface area (Å²) in [6, 6.07) is 53.0. The van der Waals surface area contributed by atoms with Gasteiger partial charge in [0.2, 0.25) is 0 Å². The van der Waals surface area contributed by atoms with Gasteiger partial charge in [-0.1, -0.05) is 103 Å². The van der Waals surface area contributed by atoms with Crippen molar-refractivity contribution in [3.63, 3.8) is 0 Å². The zero-order valence-electron chi connectivity index (χ0n) is 23.2. The molecule has 3 nitrogen and oxygen atoms in total. The van der Waals surface area contributed by atoms with Gasteiger partial charge in [0, 0.05) is 33.0 Å². The fourth-order valence-electron chi connectivity index (χ4n) is 6.52. The number of rotatable bonds is 4. The van der Waals surface area contributed by atoms with Gasteiger partial charge in [-0.15, -0.1) is 0 Å². The number of fused-ring (bicyclic) bond motifs is 7. The molecule has 0 aliphatic heterocycles. The van der Waals surface area contributed by atoms with E-state index in [1.807, 2.05) is 18.2 Å². The van der Waals surface area contributed by atoms with Crippen molar-refractivity contribution in [1.29, 1.82) is 0 Å². The zero-order chi connectivity index (χ0) is 28.3. The molecule has 0 spiro atoms. The second-order valence-electron chi connectivity index (χ2n) is 10.9. The number of para-hydroxylation sites is 4. The SMILES string of the molecule is c1ccc(N(c2ccccc2-c2cccc3c2oc2cc4ccccc4cc23)c2cccc3oc4ccccc4c23)cc1. The van der Waals surface area contributed by atoms with Crippen LogP contribution in [0.2, 0.25) is 0 Å². The lowest BCUT2D eigenvalue weighted by Gasteiger charge is -2.28. The zero-order valence-corrected chi connectivity index (χ0v) is 23.2. The Morgan fingerprint density at radius 3 is 1.95 bits per heavy atom. The quantitative estimate of drug-likeness (QED) is 0.218. The van der Waals surface area contributed by atoms with Crippen LogP contribution in [0, 0.1) is 0 Å². The summed E-state index contributed by atoms with van der Waals surface area (Å²) in [4.78, 5) is 2.34. The Hall–Kier alpha value is -5.80. The van der Waals surface area contributed by atoms with Crippen LogP contribution in [0.1, 0.15) is 0 Å². The highest BCUT2D eigenvalue weighted by molar-refractivity contribution is 6.16. The van der Waals surface area contributed by atoms with Gasteiger partial charge in [0.05, 0.1) is 16.8 Å². The second-order valence-corrected chi connectivity index (χ2v) is 10.9. The van der Waals surface area contributed by atoms with Crippen LogP contribution in [0.15, 0.2) is 160 Å². The number of nitrogens with zero attached hydrogens (tertiary/aromatic N) is 1. The van der Waals surface area contributed by atoms with Crippen LogP contribution in [-0.4, -0.2) is 0 Å². The van der Waals surface area contributed by atoms with Crippen LogP contribution in [0.5, 0.6) is 0 Å². The molecule has 9 aromatic rings. The van der Waals surface area contributed by atoms with E-state index in [0.29, 0.717) is 0 Å². The average molecular weight is 552 g/mol. The third-order valence-electron chi connectivity index (χ3n) is 8.44. The topological polar surface area (TPSA) is 29.5 Å². The Kier molecular flexibility index (Phi) is 5.20. The lowest BCUT2D eigenvalue weighted by Crippen LogP contribution is -2.11. The van der Waals surface area contributed by atoms with Crippen LogP contribution < -0.4 is 4.90 Å². The summed E-state index contributed by atoms with van der Waals surface area (Å²) in [7, 11) is 0. The highest BCUT2D eigenvalue weighted by atomic mass is 16.3. The van der Waals surface area contributed by atoms with E-state index < -0.39 is 0 Å². The first-order valence-corrected chi connectivity index (χ1v) is 14.5. The summed E-state index contributed by atoms with van der Waals surface area (Å²) in [5.74, 6) is 0. The fraction of sp³-hybridized carbons (Fsp3) is 0. The van der Waals surface area contributed by atoms with Crippen molar-refractivity contribution >= 4 is 71.7 Å². The molecule has 0 amide bonds. The number of benzene rings is 7. The summed E-state index contributed by atoms with van der Waals surface area (Å²) >= 11 is 0. The number of furan rings is 2. The lowest BCUT2D eigenvalue weighted by molar-refractivity contribution is 0.669. The van der Waals surface area contributed by atoms with Crippen molar-refractivity contribution in [2.24, 2.45) is 0 Å². The molecule has 0 aliphatic rings. The van der Waals surface area contributed by atoms with Crippen molar-refractivity contribution in [2.75, 3.05) is 4.90 Å². The van der Waals surface area contributed by atoms with Crippen molar-refractivity contribution in [1.82, 2.24) is 0 Å². The molecule has 0 saturated carbocycles. The van der Waals surface area contributed by atoms with E-state index in [0.717, 1.165) is 72.1 Å². The van der Waals surface area contributed by atoms with E-state index in [2.05, 4.69) is 138 Å². The fourth-order valence-corrected chi connectivity index (χ4v) is 6.52. The van der Waals surface area contributed by atoms with Crippen LogP contribution in [0.4, 0.5) is 17.1 Å². The average Bonchev–Trinajstić information content (AvgIpc) is 3.63. The van der Waals surface area contributed by atoms with Crippen LogP contribution in [0.3, 0.4) is 0 Å². The second kappa shape index (κ2) is 9.37. The first-order valence-electron chi connectivity index (χ1n) is 14.5. The third-order valence-corrected chi connectivity index (χ3v) is 8.44. The molecule has 2 aromatic heterocycles. The molecule has 0 bridgehead atoms. The molecule has 3 heteroatoms. The van der Waals surface area contributed by atoms with Gasteiger partial charge in [0.15, 0.2) is 0 Å². The molecule has 0 saturated heterocycles. The van der Waals surface area contributed by atoms with Crippen LogP contribution in [-0.2, 0) is 0 Å². The minimum atomic E-state index is 0.864. The smallest absolute Gasteiger partial charge is 0.143 e. The molecule has 0 fully saturated rings. The number of hydrogen-bond donors (Lipinski definition) is 0. The van der Waals surface area contributed by atoms with E-state index in [1.165, 1.54) is 10.8 Å². The Morgan fingerprint density at radius 2 is 1.05 bits per heavy atom. The maximum absolute atomic E-state index is 6.67. The molecule has 9 rings (SSSR count). The molecule has 0 radical (unpaired) electrons. The summed E-state index contributed by atoms with van der Waals surface area (Å²) in [5, 5.41) is 6.80. The summed E-state index contributed by atoms with van der Waals surface area (Å²) in [6.45, 7) is 0. The maximum atomic E-state index is 6.67. The molecule has 0 atom stereocenters. The third kappa shape index (κ3) is 3.68. The molecule has 7 aromatic carbocycles. The Bertz CT molecular complexity index is 2470. The largest absolute Gasteiger partial charge is 0.456 e. The first-order chi connectivity index (χ1) is 21.3. The van der Waals surface area contributed by atoms with Crippen molar-refractivity contribution in [3.05, 3.63) is 152 Å². The number of anilines is 3. The van der Waals surface area contributed by atoms with Gasteiger partial charge in [-0.25, -0.2) is 0 Å². The van der Waals surface area contributed by atoms with E-state index in [-0.39, 0.29) is 0 Å². The van der Waals surface area contributed by atoms with Gasteiger partial charge >= 0.3 is 0 Å². The molecule has 0 N–H and O–H groups in total. The Labute approximate surface area is 247 Å². The van der Waals surface area contributed by atoms with Gasteiger partial charge in [0.1, 0.15) is 22.3 Å². The van der Waals surface area contributed by atoms with Gasteiger partial charge in [0.25, 0.3) is 0 Å². The highest BCUT2D eigenvalue weighted by Gasteiger charge is 2.23. The van der Waals surface area contributed by atoms with Crippen molar-refractivity contribution in [2.45, 2.75) is 0 Å². The van der Waals surface area contributed by atoms with E-state index in [4.69, 9.17) is 8.83 Å². The normalized spacial score (nSPS) is 11.7. The molecule has 0 aliphatic carbocycles. The maximum Gasteiger partial charge on any atom is 0.143 e. The molecule has 0 unspecified atom stereocenters. The van der Waals surface area contributed by atoms with Gasteiger partial charge in [-0.2, -0.15) is 0 Å². The summed E-state index contributed by atoms with van der Waals surface area (Å²) in [5.41, 5.74) is 8.86. The monoisotopic (exact) mass is 551 g/mol. The lowest BCUT2D eigenvalue weighted by atomic mass is 9.98. The van der Waals surface area contributed by atoms with Crippen LogP contribution in [0.25, 0.3) is 65.8 Å². The van der Waals surface area contributed by atoms with Gasteiger partial charge in [-0.05, 0) is 59.3 Å². The standard InChI is InChI=1S/C40H25NO2/c1-2-14-28(15-3-1)41(35-21-11-23-37-39(35)32-17-7-9-22-36(32)42-37)34-20-8-6-16-29(34)30-18-10-19-31-33-24-26-12-4-5-13-27(26)25-38(33)43-40(30)31/h1-25H. The van der Waals surface area contributed by atoms with E-state index >= 15 is 0 Å². The van der Waals surface area contributed by atoms with Crippen molar-refractivity contribution < 1.29 is 8.83 Å². The predicted octanol–water partition coefficient (Wildman–Crippen LogP) is 11.8. The summed E-state index contributed by atoms with van der Waals surface area (Å²) < 4.78 is 13.0. The number of hydrogen-bond acceptors (Lipinski definition) is 3. The van der Waals surface area contributed by atoms with Crippen LogP contribution >= 0.6 is 0 Å². The van der Waals surface area contributed by atoms with Crippen molar-refractivity contribution in [3.8, 4) is 11.1 Å². The minimum absolute atomic E-state index is 0.864. The molecular weight excluding hydrogens is 526 g/mol. The molecule has 202 valence electrons. The van der Waals surface area contributed by atoms with Gasteiger partial charge in [-0.3, -0.25) is 0 Å².